The Morgan fingerprint density at radius 1 is 1.55 bits per heavy atom. The van der Waals surface area contributed by atoms with E-state index >= 15 is 0 Å². The summed E-state index contributed by atoms with van der Waals surface area (Å²) in [6, 6.07) is 0. The molecule has 0 N–H and O–H groups in total. The van der Waals surface area contributed by atoms with Crippen molar-refractivity contribution in [2.24, 2.45) is 5.10 Å². The van der Waals surface area contributed by atoms with E-state index in [-0.39, 0.29) is 0 Å². The van der Waals surface area contributed by atoms with Crippen molar-refractivity contribution in [2.45, 2.75) is 13.3 Å². The first kappa shape index (κ1) is 6.34. The quantitative estimate of drug-likeness (QED) is 0.546. The Morgan fingerprint density at radius 3 is 3.36 bits per heavy atom. The highest BCUT2D eigenvalue weighted by Gasteiger charge is 2.02. The summed E-state index contributed by atoms with van der Waals surface area (Å²) in [6.07, 6.45) is 8.64. The molecule has 3 heteroatoms. The van der Waals surface area contributed by atoms with E-state index in [9.17, 15) is 0 Å². The lowest BCUT2D eigenvalue weighted by Crippen LogP contribution is -1.88. The van der Waals surface area contributed by atoms with Crippen molar-refractivity contribution in [1.82, 2.24) is 9.66 Å². The standard InChI is InChI=1S/C8H9N3/c1-7-8-4-2-3-5-10-11(8)6-9-7/h2,4-6H,3H2,1H3. The van der Waals surface area contributed by atoms with Gasteiger partial charge in [0.25, 0.3) is 0 Å². The number of allylic oxidation sites excluding steroid dienone is 1. The average Bonchev–Trinajstić information content (AvgIpc) is 2.25. The highest BCUT2D eigenvalue weighted by atomic mass is 15.4. The molecule has 0 saturated carbocycles. The molecule has 1 aromatic rings. The zero-order valence-corrected chi connectivity index (χ0v) is 6.36. The number of nitrogens with zero attached hydrogens (tertiary/aromatic N) is 3. The summed E-state index contributed by atoms with van der Waals surface area (Å²) >= 11 is 0. The Labute approximate surface area is 65.1 Å². The number of fused-ring (bicyclic) bond motifs is 1. The maximum atomic E-state index is 4.17. The van der Waals surface area contributed by atoms with Gasteiger partial charge in [-0.2, -0.15) is 5.10 Å². The minimum absolute atomic E-state index is 0.904. The summed E-state index contributed by atoms with van der Waals surface area (Å²) < 4.78 is 1.79. The molecule has 0 atom stereocenters. The van der Waals surface area contributed by atoms with Crippen LogP contribution in [0.15, 0.2) is 17.5 Å². The van der Waals surface area contributed by atoms with Crippen LogP contribution in [-0.2, 0) is 0 Å². The van der Waals surface area contributed by atoms with Gasteiger partial charge in [-0.3, -0.25) is 0 Å². The summed E-state index contributed by atoms with van der Waals surface area (Å²) in [5.74, 6) is 0. The number of hydrogen-bond acceptors (Lipinski definition) is 2. The topological polar surface area (TPSA) is 30.2 Å². The lowest BCUT2D eigenvalue weighted by molar-refractivity contribution is 0.871. The van der Waals surface area contributed by atoms with Crippen LogP contribution in [0, 0.1) is 6.92 Å². The number of aryl methyl sites for hydroxylation is 1. The second kappa shape index (κ2) is 2.34. The number of rotatable bonds is 0. The molecule has 0 fully saturated rings. The Morgan fingerprint density at radius 2 is 2.45 bits per heavy atom. The number of imidazole rings is 1. The molecule has 0 radical (unpaired) electrons. The third-order valence-corrected chi connectivity index (χ3v) is 1.70. The maximum Gasteiger partial charge on any atom is 0.118 e. The van der Waals surface area contributed by atoms with E-state index in [1.54, 1.807) is 11.0 Å². The van der Waals surface area contributed by atoms with Gasteiger partial charge in [0.2, 0.25) is 0 Å². The minimum Gasteiger partial charge on any atom is -0.239 e. The third kappa shape index (κ3) is 0.981. The first-order valence-electron chi connectivity index (χ1n) is 3.61. The summed E-state index contributed by atoms with van der Waals surface area (Å²) in [5, 5.41) is 4.17. The molecule has 1 aliphatic heterocycles. The van der Waals surface area contributed by atoms with Gasteiger partial charge in [-0.05, 0) is 13.0 Å². The van der Waals surface area contributed by atoms with Crippen molar-refractivity contribution in [3.63, 3.8) is 0 Å². The second-order valence-electron chi connectivity index (χ2n) is 2.50. The zero-order valence-electron chi connectivity index (χ0n) is 6.36. The Balaban J connectivity index is 2.60. The fourth-order valence-electron chi connectivity index (χ4n) is 1.10. The molecule has 11 heavy (non-hydrogen) atoms. The smallest absolute Gasteiger partial charge is 0.118 e. The summed E-state index contributed by atoms with van der Waals surface area (Å²) in [6.45, 7) is 1.98. The molecule has 0 aliphatic carbocycles. The highest BCUT2D eigenvalue weighted by molar-refractivity contribution is 5.64. The molecule has 3 nitrogen and oxygen atoms in total. The average molecular weight is 147 g/mol. The van der Waals surface area contributed by atoms with E-state index in [4.69, 9.17) is 0 Å². The zero-order chi connectivity index (χ0) is 7.68. The van der Waals surface area contributed by atoms with Crippen LogP contribution < -0.4 is 0 Å². The maximum absolute atomic E-state index is 4.17. The van der Waals surface area contributed by atoms with Crippen LogP contribution in [0.3, 0.4) is 0 Å². The Hall–Kier alpha value is -1.38. The summed E-state index contributed by atoms with van der Waals surface area (Å²) in [7, 11) is 0. The second-order valence-corrected chi connectivity index (χ2v) is 2.50. The van der Waals surface area contributed by atoms with Crippen LogP contribution in [0.4, 0.5) is 0 Å². The molecule has 1 aliphatic rings. The molecule has 0 saturated heterocycles. The van der Waals surface area contributed by atoms with E-state index in [0.29, 0.717) is 0 Å². The first-order chi connectivity index (χ1) is 5.38. The van der Waals surface area contributed by atoms with Crippen molar-refractivity contribution < 1.29 is 0 Å². The molecule has 56 valence electrons. The van der Waals surface area contributed by atoms with Gasteiger partial charge in [0.15, 0.2) is 0 Å². The number of hydrogen-bond donors (Lipinski definition) is 0. The normalized spacial score (nSPS) is 14.6. The van der Waals surface area contributed by atoms with Crippen LogP contribution in [0.1, 0.15) is 17.8 Å². The summed E-state index contributed by atoms with van der Waals surface area (Å²) in [4.78, 5) is 4.14. The molecular weight excluding hydrogens is 138 g/mol. The highest BCUT2D eigenvalue weighted by Crippen LogP contribution is 2.10. The van der Waals surface area contributed by atoms with Gasteiger partial charge < -0.3 is 0 Å². The predicted octanol–water partition coefficient (Wildman–Crippen LogP) is 1.44. The van der Waals surface area contributed by atoms with Gasteiger partial charge in [0.05, 0.1) is 11.4 Å². The van der Waals surface area contributed by atoms with Crippen LogP contribution in [0.25, 0.3) is 6.08 Å². The van der Waals surface area contributed by atoms with E-state index in [1.807, 2.05) is 13.1 Å². The van der Waals surface area contributed by atoms with Gasteiger partial charge in [0, 0.05) is 12.6 Å². The molecule has 0 unspecified atom stereocenters. The molecule has 0 spiro atoms. The lowest BCUT2D eigenvalue weighted by Gasteiger charge is -1.93. The predicted molar refractivity (Wildman–Crippen MR) is 44.5 cm³/mol. The van der Waals surface area contributed by atoms with Gasteiger partial charge >= 0.3 is 0 Å². The lowest BCUT2D eigenvalue weighted by atomic mass is 10.3. The molecule has 1 aromatic heterocycles. The SMILES string of the molecule is Cc1ncn2c1C=CCC=N2. The fraction of sp³-hybridized carbons (Fsp3) is 0.250. The van der Waals surface area contributed by atoms with Gasteiger partial charge in [-0.25, -0.2) is 9.66 Å². The first-order valence-corrected chi connectivity index (χ1v) is 3.61. The molecule has 2 rings (SSSR count). The van der Waals surface area contributed by atoms with Crippen LogP contribution >= 0.6 is 0 Å². The van der Waals surface area contributed by atoms with E-state index in [1.165, 1.54) is 0 Å². The van der Waals surface area contributed by atoms with E-state index in [0.717, 1.165) is 17.8 Å². The van der Waals surface area contributed by atoms with Crippen molar-refractivity contribution >= 4 is 12.3 Å². The van der Waals surface area contributed by atoms with Gasteiger partial charge in [-0.15, -0.1) is 0 Å². The monoisotopic (exact) mass is 147 g/mol. The Kier molecular flexibility index (Phi) is 1.35. The van der Waals surface area contributed by atoms with Crippen molar-refractivity contribution in [3.8, 4) is 0 Å². The van der Waals surface area contributed by atoms with Crippen LogP contribution in [0.5, 0.6) is 0 Å². The van der Waals surface area contributed by atoms with Gasteiger partial charge in [-0.1, -0.05) is 6.08 Å². The van der Waals surface area contributed by atoms with Crippen molar-refractivity contribution in [3.05, 3.63) is 23.8 Å². The third-order valence-electron chi connectivity index (χ3n) is 1.70. The summed E-state index contributed by atoms with van der Waals surface area (Å²) in [5.41, 5.74) is 2.11. The molecule has 0 amide bonds. The fourth-order valence-corrected chi connectivity index (χ4v) is 1.10. The van der Waals surface area contributed by atoms with E-state index in [2.05, 4.69) is 22.2 Å². The number of aromatic nitrogens is 2. The molecule has 0 aromatic carbocycles. The van der Waals surface area contributed by atoms with Crippen molar-refractivity contribution in [2.75, 3.05) is 0 Å². The van der Waals surface area contributed by atoms with Crippen LogP contribution in [0.2, 0.25) is 0 Å². The van der Waals surface area contributed by atoms with E-state index < -0.39 is 0 Å². The molecular formula is C8H9N3. The molecule has 2 heterocycles. The minimum atomic E-state index is 0.904. The van der Waals surface area contributed by atoms with Crippen LogP contribution in [-0.4, -0.2) is 15.9 Å². The van der Waals surface area contributed by atoms with Gasteiger partial charge in [0.1, 0.15) is 6.33 Å². The molecule has 0 bridgehead atoms. The largest absolute Gasteiger partial charge is 0.239 e. The van der Waals surface area contributed by atoms with Crippen molar-refractivity contribution in [1.29, 1.82) is 0 Å². The Bertz CT molecular complexity index is 320.